The first-order chi connectivity index (χ1) is 9.61. The lowest BCUT2D eigenvalue weighted by Gasteiger charge is -2.35. The number of amides is 1. The van der Waals surface area contributed by atoms with E-state index in [0.717, 1.165) is 18.7 Å². The number of rotatable bonds is 4. The summed E-state index contributed by atoms with van der Waals surface area (Å²) in [6.45, 7) is 7.34. The first kappa shape index (κ1) is 14.9. The second kappa shape index (κ2) is 6.81. The van der Waals surface area contributed by atoms with Crippen LogP contribution in [-0.4, -0.2) is 43.0 Å². The van der Waals surface area contributed by atoms with Crippen LogP contribution in [-0.2, 0) is 11.3 Å². The highest BCUT2D eigenvalue weighted by Gasteiger charge is 2.28. The molecule has 1 aromatic carbocycles. The van der Waals surface area contributed by atoms with Gasteiger partial charge < -0.3 is 10.6 Å². The quantitative estimate of drug-likeness (QED) is 0.866. The molecule has 0 bridgehead atoms. The van der Waals surface area contributed by atoms with Crippen LogP contribution in [0.3, 0.4) is 0 Å². The second-order valence-corrected chi connectivity index (χ2v) is 5.17. The zero-order chi connectivity index (χ0) is 14.5. The van der Waals surface area contributed by atoms with Crippen molar-refractivity contribution in [2.24, 2.45) is 0 Å². The zero-order valence-corrected chi connectivity index (χ0v) is 12.1. The summed E-state index contributed by atoms with van der Waals surface area (Å²) in [5.74, 6) is -0.132. The van der Waals surface area contributed by atoms with Gasteiger partial charge in [-0.25, -0.2) is 4.39 Å². The minimum Gasteiger partial charge on any atom is -0.355 e. The Balaban J connectivity index is 2.08. The highest BCUT2D eigenvalue weighted by molar-refractivity contribution is 5.82. The molecule has 1 heterocycles. The van der Waals surface area contributed by atoms with Gasteiger partial charge in [0.1, 0.15) is 11.9 Å². The number of hydrogen-bond acceptors (Lipinski definition) is 3. The van der Waals surface area contributed by atoms with Crippen molar-refractivity contribution in [2.75, 3.05) is 26.2 Å². The number of benzene rings is 1. The molecule has 1 aliphatic heterocycles. The number of halogens is 1. The number of aryl methyl sites for hydroxylation is 1. The largest absolute Gasteiger partial charge is 0.355 e. The van der Waals surface area contributed by atoms with Gasteiger partial charge in [0.15, 0.2) is 0 Å². The molecule has 1 amide bonds. The van der Waals surface area contributed by atoms with Crippen LogP contribution in [0.15, 0.2) is 18.2 Å². The van der Waals surface area contributed by atoms with Crippen molar-refractivity contribution >= 4 is 5.91 Å². The summed E-state index contributed by atoms with van der Waals surface area (Å²) in [5.41, 5.74) is 1.69. The summed E-state index contributed by atoms with van der Waals surface area (Å²) in [7, 11) is 0. The number of carbonyl (C=O) groups is 1. The molecule has 20 heavy (non-hydrogen) atoms. The smallest absolute Gasteiger partial charge is 0.238 e. The Morgan fingerprint density at radius 1 is 1.55 bits per heavy atom. The minimum absolute atomic E-state index is 0.0542. The summed E-state index contributed by atoms with van der Waals surface area (Å²) >= 11 is 0. The van der Waals surface area contributed by atoms with Crippen LogP contribution in [0.4, 0.5) is 4.39 Å². The SMILES string of the molecule is CCNC(=O)C1CNCCN1Cc1ccc(F)c(C)c1. The number of piperazine rings is 1. The summed E-state index contributed by atoms with van der Waals surface area (Å²) < 4.78 is 13.3. The van der Waals surface area contributed by atoms with Crippen LogP contribution in [0.25, 0.3) is 0 Å². The third-order valence-corrected chi connectivity index (χ3v) is 3.62. The monoisotopic (exact) mass is 279 g/mol. The maximum Gasteiger partial charge on any atom is 0.238 e. The van der Waals surface area contributed by atoms with Crippen LogP contribution in [0.2, 0.25) is 0 Å². The predicted molar refractivity (Wildman–Crippen MR) is 76.9 cm³/mol. The molecule has 1 aromatic rings. The topological polar surface area (TPSA) is 44.4 Å². The summed E-state index contributed by atoms with van der Waals surface area (Å²) in [5, 5.41) is 6.12. The third kappa shape index (κ3) is 3.55. The van der Waals surface area contributed by atoms with Crippen molar-refractivity contribution in [1.29, 1.82) is 0 Å². The van der Waals surface area contributed by atoms with Gasteiger partial charge >= 0.3 is 0 Å². The van der Waals surface area contributed by atoms with Crippen molar-refractivity contribution in [3.8, 4) is 0 Å². The first-order valence-electron chi connectivity index (χ1n) is 7.09. The average molecular weight is 279 g/mol. The van der Waals surface area contributed by atoms with Crippen molar-refractivity contribution < 1.29 is 9.18 Å². The van der Waals surface area contributed by atoms with E-state index < -0.39 is 0 Å². The molecule has 5 heteroatoms. The number of nitrogens with zero attached hydrogens (tertiary/aromatic N) is 1. The molecule has 0 spiro atoms. The van der Waals surface area contributed by atoms with E-state index in [9.17, 15) is 9.18 Å². The van der Waals surface area contributed by atoms with Crippen molar-refractivity contribution in [2.45, 2.75) is 26.4 Å². The molecule has 4 nitrogen and oxygen atoms in total. The molecule has 2 N–H and O–H groups in total. The van der Waals surface area contributed by atoms with Gasteiger partial charge in [-0.3, -0.25) is 9.69 Å². The molecule has 0 radical (unpaired) electrons. The maximum absolute atomic E-state index is 13.3. The van der Waals surface area contributed by atoms with Gasteiger partial charge in [-0.05, 0) is 31.0 Å². The highest BCUT2D eigenvalue weighted by atomic mass is 19.1. The van der Waals surface area contributed by atoms with E-state index in [4.69, 9.17) is 0 Å². The molecule has 1 saturated heterocycles. The fourth-order valence-corrected chi connectivity index (χ4v) is 2.53. The Bertz CT molecular complexity index is 478. The second-order valence-electron chi connectivity index (χ2n) is 5.17. The normalized spacial score (nSPS) is 19.9. The molecule has 1 aliphatic rings. The number of hydrogen-bond donors (Lipinski definition) is 2. The average Bonchev–Trinajstić information content (AvgIpc) is 2.44. The fraction of sp³-hybridized carbons (Fsp3) is 0.533. The van der Waals surface area contributed by atoms with E-state index in [1.807, 2.05) is 13.0 Å². The standard InChI is InChI=1S/C15H22FN3O/c1-3-18-15(20)14-9-17-6-7-19(14)10-12-4-5-13(16)11(2)8-12/h4-5,8,14,17H,3,6-7,9-10H2,1-2H3,(H,18,20). The van der Waals surface area contributed by atoms with Gasteiger partial charge in [0.05, 0.1) is 0 Å². The van der Waals surface area contributed by atoms with Crippen LogP contribution in [0.5, 0.6) is 0 Å². The lowest BCUT2D eigenvalue weighted by atomic mass is 10.1. The number of carbonyl (C=O) groups excluding carboxylic acids is 1. The Morgan fingerprint density at radius 2 is 2.35 bits per heavy atom. The molecule has 2 rings (SSSR count). The van der Waals surface area contributed by atoms with E-state index >= 15 is 0 Å². The Morgan fingerprint density at radius 3 is 3.05 bits per heavy atom. The summed E-state index contributed by atoms with van der Waals surface area (Å²) in [6.07, 6.45) is 0. The first-order valence-corrected chi connectivity index (χ1v) is 7.09. The molecular formula is C15H22FN3O. The van der Waals surface area contributed by atoms with E-state index in [2.05, 4.69) is 15.5 Å². The van der Waals surface area contributed by atoms with Crippen molar-refractivity contribution in [1.82, 2.24) is 15.5 Å². The van der Waals surface area contributed by atoms with Gasteiger partial charge in [0, 0.05) is 32.7 Å². The number of nitrogens with one attached hydrogen (secondary N) is 2. The van der Waals surface area contributed by atoms with Crippen LogP contribution in [0, 0.1) is 12.7 Å². The predicted octanol–water partition coefficient (Wildman–Crippen LogP) is 1.04. The summed E-state index contributed by atoms with van der Waals surface area (Å²) in [6, 6.07) is 4.98. The van der Waals surface area contributed by atoms with E-state index in [1.54, 1.807) is 13.0 Å². The Hall–Kier alpha value is -1.46. The van der Waals surface area contributed by atoms with Crippen molar-refractivity contribution in [3.05, 3.63) is 35.1 Å². The van der Waals surface area contributed by atoms with Crippen LogP contribution >= 0.6 is 0 Å². The molecule has 0 aliphatic carbocycles. The number of likely N-dealkylation sites (N-methyl/N-ethyl adjacent to an activating group) is 1. The molecule has 1 fully saturated rings. The lowest BCUT2D eigenvalue weighted by molar-refractivity contribution is -0.127. The highest BCUT2D eigenvalue weighted by Crippen LogP contribution is 2.14. The van der Waals surface area contributed by atoms with Crippen LogP contribution in [0.1, 0.15) is 18.1 Å². The Labute approximate surface area is 119 Å². The third-order valence-electron chi connectivity index (χ3n) is 3.62. The summed E-state index contributed by atoms with van der Waals surface area (Å²) in [4.78, 5) is 14.2. The molecule has 0 aromatic heterocycles. The van der Waals surface area contributed by atoms with E-state index in [0.29, 0.717) is 25.2 Å². The molecular weight excluding hydrogens is 257 g/mol. The van der Waals surface area contributed by atoms with Gasteiger partial charge in [0.2, 0.25) is 5.91 Å². The molecule has 110 valence electrons. The minimum atomic E-state index is -0.186. The van der Waals surface area contributed by atoms with E-state index in [1.165, 1.54) is 6.07 Å². The zero-order valence-electron chi connectivity index (χ0n) is 12.1. The lowest BCUT2D eigenvalue weighted by Crippen LogP contribution is -2.57. The molecule has 1 atom stereocenters. The van der Waals surface area contributed by atoms with Gasteiger partial charge in [0.25, 0.3) is 0 Å². The van der Waals surface area contributed by atoms with Crippen LogP contribution < -0.4 is 10.6 Å². The van der Waals surface area contributed by atoms with Gasteiger partial charge in [-0.1, -0.05) is 12.1 Å². The fourth-order valence-electron chi connectivity index (χ4n) is 2.53. The van der Waals surface area contributed by atoms with Gasteiger partial charge in [-0.2, -0.15) is 0 Å². The van der Waals surface area contributed by atoms with Gasteiger partial charge in [-0.15, -0.1) is 0 Å². The molecule has 1 unspecified atom stereocenters. The van der Waals surface area contributed by atoms with Crippen molar-refractivity contribution in [3.63, 3.8) is 0 Å². The maximum atomic E-state index is 13.3. The molecule has 0 saturated carbocycles. The Kier molecular flexibility index (Phi) is 5.09. The van der Waals surface area contributed by atoms with E-state index in [-0.39, 0.29) is 17.8 Å².